The van der Waals surface area contributed by atoms with E-state index in [0.717, 1.165) is 37.1 Å². The molecule has 0 saturated carbocycles. The molecule has 2 aromatic carbocycles. The number of oxime groups is 1. The summed E-state index contributed by atoms with van der Waals surface area (Å²) in [6, 6.07) is 12.3. The Balaban J connectivity index is 1.72. The molecule has 8 heteroatoms. The Morgan fingerprint density at radius 1 is 1.28 bits per heavy atom. The fourth-order valence-electron chi connectivity index (χ4n) is 3.78. The zero-order chi connectivity index (χ0) is 23.1. The SMILES string of the molecule is CCCC(Oc1cccc(C(N)=NO)c1)C(=O)Nc1ccc(N2CCCCC2=O)c(C)c1. The minimum Gasteiger partial charge on any atom is -0.481 e. The summed E-state index contributed by atoms with van der Waals surface area (Å²) in [5.74, 6) is 0.302. The summed E-state index contributed by atoms with van der Waals surface area (Å²) in [6.07, 6.45) is 3.09. The number of nitrogens with zero attached hydrogens (tertiary/aromatic N) is 2. The molecule has 4 N–H and O–H groups in total. The molecule has 2 amide bonds. The van der Waals surface area contributed by atoms with Crippen LogP contribution in [0.4, 0.5) is 11.4 Å². The van der Waals surface area contributed by atoms with E-state index in [2.05, 4.69) is 10.5 Å². The average Bonchev–Trinajstić information content (AvgIpc) is 2.79. The van der Waals surface area contributed by atoms with Crippen LogP contribution in [0.25, 0.3) is 0 Å². The Kier molecular flexibility index (Phi) is 7.70. The fourth-order valence-corrected chi connectivity index (χ4v) is 3.78. The van der Waals surface area contributed by atoms with Crippen LogP contribution in [0.2, 0.25) is 0 Å². The van der Waals surface area contributed by atoms with Gasteiger partial charge in [0, 0.05) is 29.9 Å². The van der Waals surface area contributed by atoms with Gasteiger partial charge in [0.2, 0.25) is 5.91 Å². The number of carbonyl (C=O) groups excluding carboxylic acids is 2. The third-order valence-electron chi connectivity index (χ3n) is 5.44. The van der Waals surface area contributed by atoms with Gasteiger partial charge in [0.15, 0.2) is 11.9 Å². The zero-order valence-electron chi connectivity index (χ0n) is 18.5. The molecular formula is C24H30N4O4. The van der Waals surface area contributed by atoms with Gasteiger partial charge in [-0.1, -0.05) is 30.6 Å². The number of ether oxygens (including phenoxy) is 1. The van der Waals surface area contributed by atoms with E-state index in [1.54, 1.807) is 24.3 Å². The van der Waals surface area contributed by atoms with Crippen molar-refractivity contribution < 1.29 is 19.5 Å². The Morgan fingerprint density at radius 2 is 2.09 bits per heavy atom. The third-order valence-corrected chi connectivity index (χ3v) is 5.44. The zero-order valence-corrected chi connectivity index (χ0v) is 18.5. The van der Waals surface area contributed by atoms with Crippen LogP contribution in [0.5, 0.6) is 5.75 Å². The molecule has 3 rings (SSSR count). The number of benzene rings is 2. The second kappa shape index (κ2) is 10.7. The normalized spacial score (nSPS) is 15.4. The van der Waals surface area contributed by atoms with E-state index < -0.39 is 6.10 Å². The van der Waals surface area contributed by atoms with Gasteiger partial charge in [0.05, 0.1) is 0 Å². The summed E-state index contributed by atoms with van der Waals surface area (Å²) >= 11 is 0. The molecule has 8 nitrogen and oxygen atoms in total. The summed E-state index contributed by atoms with van der Waals surface area (Å²) in [4.78, 5) is 27.0. The molecule has 0 aromatic heterocycles. The highest BCUT2D eigenvalue weighted by atomic mass is 16.5. The molecule has 170 valence electrons. The van der Waals surface area contributed by atoms with E-state index in [9.17, 15) is 9.59 Å². The van der Waals surface area contributed by atoms with E-state index >= 15 is 0 Å². The fraction of sp³-hybridized carbons (Fsp3) is 0.375. The largest absolute Gasteiger partial charge is 0.481 e. The molecule has 0 bridgehead atoms. The topological polar surface area (TPSA) is 117 Å². The molecule has 0 spiro atoms. The van der Waals surface area contributed by atoms with E-state index in [-0.39, 0.29) is 17.6 Å². The maximum absolute atomic E-state index is 12.9. The van der Waals surface area contributed by atoms with E-state index in [1.165, 1.54) is 0 Å². The second-order valence-electron chi connectivity index (χ2n) is 7.90. The van der Waals surface area contributed by atoms with Gasteiger partial charge < -0.3 is 25.9 Å². The first-order valence-corrected chi connectivity index (χ1v) is 10.9. The lowest BCUT2D eigenvalue weighted by molar-refractivity contribution is -0.123. The van der Waals surface area contributed by atoms with E-state index in [0.29, 0.717) is 29.8 Å². The van der Waals surface area contributed by atoms with Gasteiger partial charge in [-0.2, -0.15) is 0 Å². The standard InChI is InChI=1S/C24H30N4O4/c1-3-7-21(32-19-9-6-8-17(15-19)23(25)27-31)24(30)26-18-11-12-20(16(2)14-18)28-13-5-4-10-22(28)29/h6,8-9,11-12,14-15,21,31H,3-5,7,10,13H2,1-2H3,(H2,25,27)(H,26,30). The van der Waals surface area contributed by atoms with Crippen LogP contribution in [-0.2, 0) is 9.59 Å². The number of anilines is 2. The minimum atomic E-state index is -0.703. The highest BCUT2D eigenvalue weighted by Gasteiger charge is 2.23. The van der Waals surface area contributed by atoms with Gasteiger partial charge in [0.1, 0.15) is 5.75 Å². The minimum absolute atomic E-state index is 0.0327. The maximum atomic E-state index is 12.9. The Hall–Kier alpha value is -3.55. The van der Waals surface area contributed by atoms with Crippen molar-refractivity contribution >= 4 is 29.0 Å². The van der Waals surface area contributed by atoms with Crippen molar-refractivity contribution in [2.45, 2.75) is 52.1 Å². The van der Waals surface area contributed by atoms with Crippen molar-refractivity contribution in [2.24, 2.45) is 10.9 Å². The van der Waals surface area contributed by atoms with Crippen LogP contribution in [0, 0.1) is 6.92 Å². The molecule has 1 unspecified atom stereocenters. The summed E-state index contributed by atoms with van der Waals surface area (Å²) in [6.45, 7) is 4.64. The molecule has 1 aliphatic rings. The molecular weight excluding hydrogens is 408 g/mol. The third kappa shape index (κ3) is 5.57. The molecule has 32 heavy (non-hydrogen) atoms. The predicted molar refractivity (Wildman–Crippen MR) is 124 cm³/mol. The lowest BCUT2D eigenvalue weighted by atomic mass is 10.1. The first-order valence-electron chi connectivity index (χ1n) is 10.9. The Morgan fingerprint density at radius 3 is 2.78 bits per heavy atom. The summed E-state index contributed by atoms with van der Waals surface area (Å²) in [7, 11) is 0. The maximum Gasteiger partial charge on any atom is 0.265 e. The molecule has 1 fully saturated rings. The second-order valence-corrected chi connectivity index (χ2v) is 7.90. The van der Waals surface area contributed by atoms with Gasteiger partial charge >= 0.3 is 0 Å². The number of carbonyl (C=O) groups is 2. The van der Waals surface area contributed by atoms with Crippen LogP contribution < -0.4 is 20.7 Å². The molecule has 0 radical (unpaired) electrons. The Labute approximate surface area is 188 Å². The summed E-state index contributed by atoms with van der Waals surface area (Å²) in [5, 5.41) is 14.8. The first-order chi connectivity index (χ1) is 15.4. The predicted octanol–water partition coefficient (Wildman–Crippen LogP) is 3.79. The van der Waals surface area contributed by atoms with Crippen molar-refractivity contribution in [1.82, 2.24) is 0 Å². The monoisotopic (exact) mass is 438 g/mol. The van der Waals surface area contributed by atoms with Crippen molar-refractivity contribution in [3.8, 4) is 5.75 Å². The van der Waals surface area contributed by atoms with E-state index in [1.807, 2.05) is 36.9 Å². The number of rotatable bonds is 8. The lowest BCUT2D eigenvalue weighted by Gasteiger charge is -2.28. The van der Waals surface area contributed by atoms with Gasteiger partial charge in [-0.25, -0.2) is 0 Å². The molecule has 1 heterocycles. The van der Waals surface area contributed by atoms with Crippen LogP contribution in [0.3, 0.4) is 0 Å². The number of hydrogen-bond acceptors (Lipinski definition) is 5. The van der Waals surface area contributed by atoms with Crippen LogP contribution in [0.15, 0.2) is 47.6 Å². The van der Waals surface area contributed by atoms with Crippen molar-refractivity contribution in [3.63, 3.8) is 0 Å². The average molecular weight is 439 g/mol. The van der Waals surface area contributed by atoms with Crippen LogP contribution >= 0.6 is 0 Å². The van der Waals surface area contributed by atoms with Crippen molar-refractivity contribution in [3.05, 3.63) is 53.6 Å². The van der Waals surface area contributed by atoms with Gasteiger partial charge in [-0.05, 0) is 62.1 Å². The van der Waals surface area contributed by atoms with E-state index in [4.69, 9.17) is 15.7 Å². The number of piperidine rings is 1. The molecule has 0 aliphatic carbocycles. The first kappa shape index (κ1) is 23.1. The van der Waals surface area contributed by atoms with Gasteiger partial charge in [-0.3, -0.25) is 9.59 Å². The quantitative estimate of drug-likeness (QED) is 0.251. The number of nitrogens with one attached hydrogen (secondary N) is 1. The number of aryl methyl sites for hydroxylation is 1. The highest BCUT2D eigenvalue weighted by molar-refractivity contribution is 5.98. The summed E-state index contributed by atoms with van der Waals surface area (Å²) < 4.78 is 5.93. The molecule has 2 aromatic rings. The molecule has 1 saturated heterocycles. The molecule has 1 atom stereocenters. The number of nitrogens with two attached hydrogens (primary N) is 1. The van der Waals surface area contributed by atoms with Crippen molar-refractivity contribution in [1.29, 1.82) is 0 Å². The van der Waals surface area contributed by atoms with Crippen molar-refractivity contribution in [2.75, 3.05) is 16.8 Å². The number of amidine groups is 1. The number of hydrogen-bond donors (Lipinski definition) is 3. The summed E-state index contributed by atoms with van der Waals surface area (Å²) in [5.41, 5.74) is 8.60. The van der Waals surface area contributed by atoms with Gasteiger partial charge in [0.25, 0.3) is 5.91 Å². The smallest absolute Gasteiger partial charge is 0.265 e. The number of amides is 2. The van der Waals surface area contributed by atoms with Crippen LogP contribution in [0.1, 0.15) is 50.2 Å². The van der Waals surface area contributed by atoms with Crippen LogP contribution in [-0.4, -0.2) is 35.5 Å². The highest BCUT2D eigenvalue weighted by Crippen LogP contribution is 2.27. The Bertz CT molecular complexity index is 1010. The lowest BCUT2D eigenvalue weighted by Crippen LogP contribution is -2.35. The molecule has 1 aliphatic heterocycles. The van der Waals surface area contributed by atoms with Gasteiger partial charge in [-0.15, -0.1) is 0 Å².